The zero-order valence-electron chi connectivity index (χ0n) is 12.5. The molecule has 118 valence electrons. The van der Waals surface area contributed by atoms with Gasteiger partial charge in [-0.05, 0) is 24.6 Å². The third kappa shape index (κ3) is 7.70. The quantitative estimate of drug-likeness (QED) is 0.486. The largest absolute Gasteiger partial charge is 0.329 e. The molecule has 1 amide bonds. The van der Waals surface area contributed by atoms with Gasteiger partial charge < -0.3 is 5.32 Å². The minimum atomic E-state index is -3.33. The Morgan fingerprint density at radius 1 is 1.05 bits per heavy atom. The minimum absolute atomic E-state index is 0.129. The van der Waals surface area contributed by atoms with E-state index in [2.05, 4.69) is 17.0 Å². The molecule has 5 nitrogen and oxygen atoms in total. The van der Waals surface area contributed by atoms with Gasteiger partial charge in [0, 0.05) is 5.69 Å². The molecule has 0 saturated carbocycles. The Balaban J connectivity index is 2.41. The number of hydrogen-bond donors (Lipinski definition) is 2. The molecule has 0 bridgehead atoms. The van der Waals surface area contributed by atoms with Crippen LogP contribution >= 0.6 is 0 Å². The first kappa shape index (κ1) is 17.5. The Labute approximate surface area is 127 Å². The molecule has 0 aliphatic carbocycles. The van der Waals surface area contributed by atoms with Crippen molar-refractivity contribution in [1.29, 1.82) is 0 Å². The highest BCUT2D eigenvalue weighted by molar-refractivity contribution is 7.92. The SMILES string of the molecule is CCCCCCCCS(=O)(=O)Nc1cccc(NC=O)c1. The second kappa shape index (κ2) is 9.39. The molecule has 0 radical (unpaired) electrons. The maximum Gasteiger partial charge on any atom is 0.232 e. The van der Waals surface area contributed by atoms with Crippen molar-refractivity contribution in [2.24, 2.45) is 0 Å². The molecule has 0 unspecified atom stereocenters. The fraction of sp³-hybridized carbons (Fsp3) is 0.533. The summed E-state index contributed by atoms with van der Waals surface area (Å²) in [5, 5.41) is 2.49. The molecule has 0 aliphatic heterocycles. The molecule has 2 N–H and O–H groups in total. The molecule has 0 saturated heterocycles. The molecule has 1 aromatic rings. The molecular weight excluding hydrogens is 288 g/mol. The molecular formula is C15H24N2O3S. The Hall–Kier alpha value is -1.56. The Bertz CT molecular complexity index is 529. The summed E-state index contributed by atoms with van der Waals surface area (Å²) in [6.45, 7) is 2.15. The van der Waals surface area contributed by atoms with Gasteiger partial charge in [0.1, 0.15) is 0 Å². The van der Waals surface area contributed by atoms with E-state index in [0.717, 1.165) is 12.8 Å². The van der Waals surface area contributed by atoms with Crippen LogP contribution < -0.4 is 10.0 Å². The lowest BCUT2D eigenvalue weighted by Crippen LogP contribution is -2.16. The van der Waals surface area contributed by atoms with E-state index in [1.165, 1.54) is 19.3 Å². The standard InChI is InChI=1S/C15H24N2O3S/c1-2-3-4-5-6-7-11-21(19,20)17-15-10-8-9-14(12-15)16-13-18/h8-10,12-13,17H,2-7,11H2,1H3,(H,16,18). The van der Waals surface area contributed by atoms with Crippen molar-refractivity contribution in [2.75, 3.05) is 15.8 Å². The highest BCUT2D eigenvalue weighted by Crippen LogP contribution is 2.16. The topological polar surface area (TPSA) is 75.3 Å². The van der Waals surface area contributed by atoms with Crippen LogP contribution in [0.3, 0.4) is 0 Å². The van der Waals surface area contributed by atoms with E-state index in [1.54, 1.807) is 24.3 Å². The minimum Gasteiger partial charge on any atom is -0.329 e. The number of nitrogens with one attached hydrogen (secondary N) is 2. The molecule has 1 rings (SSSR count). The molecule has 0 spiro atoms. The van der Waals surface area contributed by atoms with E-state index in [0.29, 0.717) is 24.2 Å². The van der Waals surface area contributed by atoms with E-state index < -0.39 is 10.0 Å². The van der Waals surface area contributed by atoms with Crippen molar-refractivity contribution in [1.82, 2.24) is 0 Å². The van der Waals surface area contributed by atoms with Crippen LogP contribution in [0.1, 0.15) is 45.4 Å². The van der Waals surface area contributed by atoms with E-state index in [9.17, 15) is 13.2 Å². The molecule has 1 aromatic carbocycles. The van der Waals surface area contributed by atoms with Crippen molar-refractivity contribution in [3.8, 4) is 0 Å². The monoisotopic (exact) mass is 312 g/mol. The molecule has 0 aliphatic rings. The number of hydrogen-bond acceptors (Lipinski definition) is 3. The Kier molecular flexibility index (Phi) is 7.82. The molecule has 6 heteroatoms. The third-order valence-electron chi connectivity index (χ3n) is 3.13. The van der Waals surface area contributed by atoms with Crippen LogP contribution in [0.25, 0.3) is 0 Å². The average Bonchev–Trinajstić information content (AvgIpc) is 2.43. The van der Waals surface area contributed by atoms with Gasteiger partial charge in [-0.15, -0.1) is 0 Å². The number of benzene rings is 1. The number of unbranched alkanes of at least 4 members (excludes halogenated alkanes) is 5. The van der Waals surface area contributed by atoms with E-state index >= 15 is 0 Å². The number of sulfonamides is 1. The van der Waals surface area contributed by atoms with Crippen LogP contribution in [0.15, 0.2) is 24.3 Å². The van der Waals surface area contributed by atoms with E-state index in [1.807, 2.05) is 0 Å². The van der Waals surface area contributed by atoms with Gasteiger partial charge in [0.15, 0.2) is 0 Å². The predicted molar refractivity (Wildman–Crippen MR) is 86.9 cm³/mol. The summed E-state index contributed by atoms with van der Waals surface area (Å²) >= 11 is 0. The predicted octanol–water partition coefficient (Wildman–Crippen LogP) is 3.36. The van der Waals surface area contributed by atoms with Crippen LogP contribution in [0.5, 0.6) is 0 Å². The number of anilines is 2. The van der Waals surface area contributed by atoms with Gasteiger partial charge in [-0.25, -0.2) is 8.42 Å². The lowest BCUT2D eigenvalue weighted by molar-refractivity contribution is -0.105. The first-order chi connectivity index (χ1) is 10.1. The van der Waals surface area contributed by atoms with E-state index in [4.69, 9.17) is 0 Å². The number of carbonyl (C=O) groups excluding carboxylic acids is 1. The van der Waals surface area contributed by atoms with Crippen LogP contribution in [-0.4, -0.2) is 20.6 Å². The number of amides is 1. The van der Waals surface area contributed by atoms with Crippen molar-refractivity contribution in [3.63, 3.8) is 0 Å². The second-order valence-corrected chi connectivity index (χ2v) is 6.87. The zero-order chi connectivity index (χ0) is 15.6. The summed E-state index contributed by atoms with van der Waals surface area (Å²) in [5.74, 6) is 0.129. The maximum absolute atomic E-state index is 12.0. The first-order valence-corrected chi connectivity index (χ1v) is 9.03. The second-order valence-electron chi connectivity index (χ2n) is 5.03. The van der Waals surface area contributed by atoms with E-state index in [-0.39, 0.29) is 5.75 Å². The molecule has 0 atom stereocenters. The lowest BCUT2D eigenvalue weighted by atomic mass is 10.1. The number of rotatable bonds is 11. The summed E-state index contributed by atoms with van der Waals surface area (Å²) in [5.41, 5.74) is 1.03. The summed E-state index contributed by atoms with van der Waals surface area (Å²) < 4.78 is 26.4. The molecule has 0 fully saturated rings. The van der Waals surface area contributed by atoms with Crippen molar-refractivity contribution in [2.45, 2.75) is 45.4 Å². The van der Waals surface area contributed by atoms with Gasteiger partial charge >= 0.3 is 0 Å². The first-order valence-electron chi connectivity index (χ1n) is 7.38. The fourth-order valence-corrected chi connectivity index (χ4v) is 3.22. The Morgan fingerprint density at radius 2 is 1.71 bits per heavy atom. The fourth-order valence-electron chi connectivity index (χ4n) is 2.04. The highest BCUT2D eigenvalue weighted by atomic mass is 32.2. The number of carbonyl (C=O) groups is 1. The van der Waals surface area contributed by atoms with Crippen LogP contribution in [0, 0.1) is 0 Å². The summed E-state index contributed by atoms with van der Waals surface area (Å²) in [6.07, 6.45) is 6.82. The zero-order valence-corrected chi connectivity index (χ0v) is 13.3. The van der Waals surface area contributed by atoms with Crippen LogP contribution in [-0.2, 0) is 14.8 Å². The van der Waals surface area contributed by atoms with Gasteiger partial charge in [-0.1, -0.05) is 45.1 Å². The Morgan fingerprint density at radius 3 is 2.43 bits per heavy atom. The summed E-state index contributed by atoms with van der Waals surface area (Å²) in [4.78, 5) is 10.4. The van der Waals surface area contributed by atoms with Gasteiger partial charge in [0.25, 0.3) is 0 Å². The van der Waals surface area contributed by atoms with Crippen LogP contribution in [0.2, 0.25) is 0 Å². The molecule has 0 heterocycles. The van der Waals surface area contributed by atoms with Gasteiger partial charge in [0.2, 0.25) is 16.4 Å². The van der Waals surface area contributed by atoms with Crippen LogP contribution in [0.4, 0.5) is 11.4 Å². The van der Waals surface area contributed by atoms with Gasteiger partial charge in [-0.2, -0.15) is 0 Å². The van der Waals surface area contributed by atoms with Crippen molar-refractivity contribution >= 4 is 27.8 Å². The van der Waals surface area contributed by atoms with Gasteiger partial charge in [0.05, 0.1) is 11.4 Å². The highest BCUT2D eigenvalue weighted by Gasteiger charge is 2.10. The summed E-state index contributed by atoms with van der Waals surface area (Å²) in [7, 11) is -3.33. The smallest absolute Gasteiger partial charge is 0.232 e. The lowest BCUT2D eigenvalue weighted by Gasteiger charge is -2.09. The maximum atomic E-state index is 12.0. The normalized spacial score (nSPS) is 11.1. The third-order valence-corrected chi connectivity index (χ3v) is 4.50. The van der Waals surface area contributed by atoms with Crippen molar-refractivity contribution < 1.29 is 13.2 Å². The van der Waals surface area contributed by atoms with Gasteiger partial charge in [-0.3, -0.25) is 9.52 Å². The molecule has 0 aromatic heterocycles. The molecule has 21 heavy (non-hydrogen) atoms. The summed E-state index contributed by atoms with van der Waals surface area (Å²) in [6, 6.07) is 6.64. The van der Waals surface area contributed by atoms with Crippen molar-refractivity contribution in [3.05, 3.63) is 24.3 Å². The average molecular weight is 312 g/mol.